The fourth-order valence-electron chi connectivity index (χ4n) is 2.54. The number of methoxy groups -OCH3 is 1. The first kappa shape index (κ1) is 14.4. The zero-order chi connectivity index (χ0) is 15.5. The molecule has 2 aromatic carbocycles. The van der Waals surface area contributed by atoms with Gasteiger partial charge in [0.05, 0.1) is 18.7 Å². The van der Waals surface area contributed by atoms with Gasteiger partial charge in [0.15, 0.2) is 0 Å². The number of hydrogen-bond acceptors (Lipinski definition) is 3. The maximum atomic E-state index is 9.01. The number of thiophene rings is 1. The van der Waals surface area contributed by atoms with Crippen molar-refractivity contribution in [2.45, 2.75) is 6.92 Å². The van der Waals surface area contributed by atoms with Crippen LogP contribution in [0.15, 0.2) is 53.2 Å². The van der Waals surface area contributed by atoms with Crippen LogP contribution in [0.25, 0.3) is 22.3 Å². The molecule has 1 aromatic heterocycles. The highest BCUT2D eigenvalue weighted by Gasteiger charge is 2.11. The molecule has 0 unspecified atom stereocenters. The van der Waals surface area contributed by atoms with Crippen LogP contribution < -0.4 is 4.74 Å². The number of aryl methyl sites for hydroxylation is 1. The average molecular weight is 305 g/mol. The van der Waals surface area contributed by atoms with Gasteiger partial charge >= 0.3 is 0 Å². The van der Waals surface area contributed by atoms with E-state index in [1.165, 1.54) is 22.3 Å². The molecule has 0 aliphatic heterocycles. The number of ether oxygens (including phenoxy) is 1. The van der Waals surface area contributed by atoms with E-state index in [0.29, 0.717) is 5.56 Å². The van der Waals surface area contributed by atoms with E-state index in [0.717, 1.165) is 11.3 Å². The summed E-state index contributed by atoms with van der Waals surface area (Å²) in [5, 5.41) is 13.3. The van der Waals surface area contributed by atoms with Crippen molar-refractivity contribution in [3.63, 3.8) is 0 Å². The molecule has 2 nitrogen and oxygen atoms in total. The van der Waals surface area contributed by atoms with Crippen LogP contribution in [0, 0.1) is 18.3 Å². The van der Waals surface area contributed by atoms with Crippen LogP contribution in [0.3, 0.4) is 0 Å². The molecule has 0 aliphatic carbocycles. The topological polar surface area (TPSA) is 33.0 Å². The van der Waals surface area contributed by atoms with E-state index < -0.39 is 0 Å². The van der Waals surface area contributed by atoms with Crippen molar-refractivity contribution in [3.8, 4) is 34.1 Å². The maximum Gasteiger partial charge on any atom is 0.118 e. The van der Waals surface area contributed by atoms with E-state index in [2.05, 4.69) is 29.0 Å². The second-order valence-electron chi connectivity index (χ2n) is 5.07. The van der Waals surface area contributed by atoms with Crippen LogP contribution in [-0.4, -0.2) is 7.11 Å². The van der Waals surface area contributed by atoms with E-state index in [4.69, 9.17) is 10.00 Å². The predicted molar refractivity (Wildman–Crippen MR) is 91.2 cm³/mol. The Hall–Kier alpha value is -2.57. The van der Waals surface area contributed by atoms with Crippen molar-refractivity contribution in [2.75, 3.05) is 7.11 Å². The normalized spacial score (nSPS) is 10.2. The molecule has 0 bridgehead atoms. The van der Waals surface area contributed by atoms with E-state index in [1.807, 2.05) is 37.3 Å². The van der Waals surface area contributed by atoms with Gasteiger partial charge in [-0.15, -0.1) is 0 Å². The number of hydrogen-bond donors (Lipinski definition) is 0. The molecule has 0 atom stereocenters. The minimum absolute atomic E-state index is 0.697. The second-order valence-corrected chi connectivity index (χ2v) is 5.81. The molecule has 22 heavy (non-hydrogen) atoms. The first-order chi connectivity index (χ1) is 10.7. The van der Waals surface area contributed by atoms with Gasteiger partial charge in [-0.3, -0.25) is 0 Å². The van der Waals surface area contributed by atoms with Crippen molar-refractivity contribution in [2.24, 2.45) is 0 Å². The molecule has 3 rings (SSSR count). The molecule has 108 valence electrons. The van der Waals surface area contributed by atoms with E-state index in [9.17, 15) is 0 Å². The van der Waals surface area contributed by atoms with Crippen LogP contribution in [-0.2, 0) is 0 Å². The zero-order valence-corrected chi connectivity index (χ0v) is 13.3. The van der Waals surface area contributed by atoms with Crippen LogP contribution in [0.4, 0.5) is 0 Å². The van der Waals surface area contributed by atoms with Crippen LogP contribution in [0.2, 0.25) is 0 Å². The molecular weight excluding hydrogens is 290 g/mol. The lowest BCUT2D eigenvalue weighted by Gasteiger charge is -2.09. The molecule has 0 fully saturated rings. The molecule has 0 amide bonds. The number of rotatable bonds is 3. The van der Waals surface area contributed by atoms with Gasteiger partial charge in [-0.05, 0) is 58.6 Å². The SMILES string of the molecule is COc1ccc(-c2cscc2-c2ccc(C#N)cc2C)cc1. The monoisotopic (exact) mass is 305 g/mol. The Balaban J connectivity index is 2.07. The fraction of sp³-hybridized carbons (Fsp3) is 0.105. The minimum Gasteiger partial charge on any atom is -0.497 e. The molecule has 1 heterocycles. The summed E-state index contributed by atoms with van der Waals surface area (Å²) in [6, 6.07) is 16.1. The van der Waals surface area contributed by atoms with Gasteiger partial charge in [0.2, 0.25) is 0 Å². The maximum absolute atomic E-state index is 9.01. The highest BCUT2D eigenvalue weighted by molar-refractivity contribution is 7.08. The molecule has 3 aromatic rings. The van der Waals surface area contributed by atoms with Crippen molar-refractivity contribution in [3.05, 3.63) is 64.4 Å². The molecular formula is C19H15NOS. The Morgan fingerprint density at radius 2 is 1.68 bits per heavy atom. The number of nitriles is 1. The third-order valence-electron chi connectivity index (χ3n) is 3.71. The molecule has 0 spiro atoms. The van der Waals surface area contributed by atoms with Crippen molar-refractivity contribution in [1.29, 1.82) is 5.26 Å². The standard InChI is InChI=1S/C19H15NOS/c1-13-9-14(10-20)3-8-17(13)19-12-22-11-18(19)15-4-6-16(21-2)7-5-15/h3-9,11-12H,1-2H3. The lowest BCUT2D eigenvalue weighted by molar-refractivity contribution is 0.415. The molecule has 0 aliphatic rings. The van der Waals surface area contributed by atoms with Gasteiger partial charge in [-0.1, -0.05) is 18.2 Å². The van der Waals surface area contributed by atoms with E-state index >= 15 is 0 Å². The van der Waals surface area contributed by atoms with Crippen LogP contribution in [0.1, 0.15) is 11.1 Å². The van der Waals surface area contributed by atoms with Crippen LogP contribution >= 0.6 is 11.3 Å². The molecule has 0 radical (unpaired) electrons. The van der Waals surface area contributed by atoms with Gasteiger partial charge in [-0.2, -0.15) is 16.6 Å². The molecule has 0 saturated heterocycles. The summed E-state index contributed by atoms with van der Waals surface area (Å²) in [5.41, 5.74) is 6.57. The highest BCUT2D eigenvalue weighted by Crippen LogP contribution is 2.37. The summed E-state index contributed by atoms with van der Waals surface area (Å²) in [6.07, 6.45) is 0. The average Bonchev–Trinajstić information content (AvgIpc) is 3.04. The largest absolute Gasteiger partial charge is 0.497 e. The van der Waals surface area contributed by atoms with Crippen molar-refractivity contribution in [1.82, 2.24) is 0 Å². The summed E-state index contributed by atoms with van der Waals surface area (Å²) in [7, 11) is 1.67. The Bertz CT molecular complexity index is 841. The zero-order valence-electron chi connectivity index (χ0n) is 12.5. The summed E-state index contributed by atoms with van der Waals surface area (Å²) in [4.78, 5) is 0. The van der Waals surface area contributed by atoms with Crippen LogP contribution in [0.5, 0.6) is 5.75 Å². The van der Waals surface area contributed by atoms with Gasteiger partial charge in [0.25, 0.3) is 0 Å². The van der Waals surface area contributed by atoms with Gasteiger partial charge in [0, 0.05) is 11.1 Å². The summed E-state index contributed by atoms with van der Waals surface area (Å²) in [6.45, 7) is 2.05. The predicted octanol–water partition coefficient (Wildman–Crippen LogP) is 5.27. The van der Waals surface area contributed by atoms with Gasteiger partial charge in [-0.25, -0.2) is 0 Å². The lowest BCUT2D eigenvalue weighted by Crippen LogP contribution is -1.87. The lowest BCUT2D eigenvalue weighted by atomic mass is 9.95. The number of nitrogens with zero attached hydrogens (tertiary/aromatic N) is 1. The third-order valence-corrected chi connectivity index (χ3v) is 4.45. The Kier molecular flexibility index (Phi) is 3.95. The summed E-state index contributed by atoms with van der Waals surface area (Å²) in [5.74, 6) is 0.857. The molecule has 3 heteroatoms. The van der Waals surface area contributed by atoms with Crippen molar-refractivity contribution < 1.29 is 4.74 Å². The fourth-order valence-corrected chi connectivity index (χ4v) is 3.39. The third kappa shape index (κ3) is 2.61. The van der Waals surface area contributed by atoms with Gasteiger partial charge in [0.1, 0.15) is 5.75 Å². The minimum atomic E-state index is 0.697. The summed E-state index contributed by atoms with van der Waals surface area (Å²) < 4.78 is 5.22. The second kappa shape index (κ2) is 6.05. The Morgan fingerprint density at radius 1 is 0.955 bits per heavy atom. The van der Waals surface area contributed by atoms with Crippen molar-refractivity contribution >= 4 is 11.3 Å². The highest BCUT2D eigenvalue weighted by atomic mass is 32.1. The first-order valence-corrected chi connectivity index (χ1v) is 7.89. The van der Waals surface area contributed by atoms with E-state index in [1.54, 1.807) is 18.4 Å². The smallest absolute Gasteiger partial charge is 0.118 e. The van der Waals surface area contributed by atoms with Gasteiger partial charge < -0.3 is 4.74 Å². The van der Waals surface area contributed by atoms with E-state index in [-0.39, 0.29) is 0 Å². The Morgan fingerprint density at radius 3 is 2.32 bits per heavy atom. The first-order valence-electron chi connectivity index (χ1n) is 6.94. The molecule has 0 N–H and O–H groups in total. The quantitative estimate of drug-likeness (QED) is 0.660. The molecule has 0 saturated carbocycles. The summed E-state index contributed by atoms with van der Waals surface area (Å²) >= 11 is 1.69. The Labute approximate surface area is 134 Å². The number of benzene rings is 2.